The largest absolute Gasteiger partial charge is 0.372 e. The Morgan fingerprint density at radius 1 is 1.22 bits per heavy atom. The Hall–Kier alpha value is -1.52. The molecule has 0 atom stereocenters. The van der Waals surface area contributed by atoms with Gasteiger partial charge in [0.15, 0.2) is 0 Å². The molecule has 2 heterocycles. The SMILES string of the molecule is Cc1ccc(CNC(=O)c2cc(N3CCCCC3)ccc2Cl)s1. The Morgan fingerprint density at radius 2 is 2.00 bits per heavy atom. The van der Waals surface area contributed by atoms with Crippen molar-refractivity contribution < 1.29 is 4.79 Å². The van der Waals surface area contributed by atoms with E-state index in [2.05, 4.69) is 23.2 Å². The van der Waals surface area contributed by atoms with Gasteiger partial charge >= 0.3 is 0 Å². The summed E-state index contributed by atoms with van der Waals surface area (Å²) in [6, 6.07) is 9.87. The average Bonchev–Trinajstić information content (AvgIpc) is 2.99. The fourth-order valence-electron chi connectivity index (χ4n) is 2.88. The second-order valence-electron chi connectivity index (χ2n) is 5.91. The maximum absolute atomic E-state index is 12.5. The van der Waals surface area contributed by atoms with Gasteiger partial charge < -0.3 is 10.2 Å². The summed E-state index contributed by atoms with van der Waals surface area (Å²) in [5.74, 6) is -0.111. The van der Waals surface area contributed by atoms with E-state index in [0.717, 1.165) is 23.7 Å². The fourth-order valence-corrected chi connectivity index (χ4v) is 3.91. The van der Waals surface area contributed by atoms with Crippen LogP contribution in [0.4, 0.5) is 5.69 Å². The third kappa shape index (κ3) is 4.06. The molecule has 0 radical (unpaired) electrons. The van der Waals surface area contributed by atoms with Crippen LogP contribution in [0, 0.1) is 6.92 Å². The Kier molecular flexibility index (Phi) is 5.23. The smallest absolute Gasteiger partial charge is 0.253 e. The maximum Gasteiger partial charge on any atom is 0.253 e. The topological polar surface area (TPSA) is 32.3 Å². The Morgan fingerprint density at radius 3 is 2.70 bits per heavy atom. The molecule has 5 heteroatoms. The number of amides is 1. The van der Waals surface area contributed by atoms with E-state index < -0.39 is 0 Å². The third-order valence-corrected chi connectivity index (χ3v) is 5.47. The van der Waals surface area contributed by atoms with E-state index in [1.165, 1.54) is 24.1 Å². The van der Waals surface area contributed by atoms with Crippen molar-refractivity contribution in [3.8, 4) is 0 Å². The van der Waals surface area contributed by atoms with Crippen molar-refractivity contribution in [3.63, 3.8) is 0 Å². The summed E-state index contributed by atoms with van der Waals surface area (Å²) in [6.45, 7) is 4.71. The normalized spacial score (nSPS) is 14.8. The van der Waals surface area contributed by atoms with Gasteiger partial charge in [-0.2, -0.15) is 0 Å². The fraction of sp³-hybridized carbons (Fsp3) is 0.389. The van der Waals surface area contributed by atoms with Crippen molar-refractivity contribution >= 4 is 34.5 Å². The van der Waals surface area contributed by atoms with Gasteiger partial charge in [-0.05, 0) is 56.5 Å². The van der Waals surface area contributed by atoms with Crippen LogP contribution in [0.15, 0.2) is 30.3 Å². The van der Waals surface area contributed by atoms with Gasteiger partial charge in [0.25, 0.3) is 5.91 Å². The minimum absolute atomic E-state index is 0.111. The summed E-state index contributed by atoms with van der Waals surface area (Å²) < 4.78 is 0. The number of carbonyl (C=O) groups is 1. The molecule has 2 aromatic rings. The highest BCUT2D eigenvalue weighted by molar-refractivity contribution is 7.11. The van der Waals surface area contributed by atoms with Crippen molar-refractivity contribution in [1.82, 2.24) is 5.32 Å². The number of anilines is 1. The Labute approximate surface area is 146 Å². The molecular weight excluding hydrogens is 328 g/mol. The van der Waals surface area contributed by atoms with Crippen molar-refractivity contribution in [2.75, 3.05) is 18.0 Å². The van der Waals surface area contributed by atoms with Crippen molar-refractivity contribution in [2.24, 2.45) is 0 Å². The van der Waals surface area contributed by atoms with Crippen LogP contribution in [0.25, 0.3) is 0 Å². The molecule has 0 bridgehead atoms. The number of benzene rings is 1. The van der Waals surface area contributed by atoms with E-state index in [0.29, 0.717) is 17.1 Å². The number of nitrogens with zero attached hydrogens (tertiary/aromatic N) is 1. The molecule has 3 rings (SSSR count). The van der Waals surface area contributed by atoms with Crippen LogP contribution in [0.2, 0.25) is 5.02 Å². The van der Waals surface area contributed by atoms with E-state index in [-0.39, 0.29) is 5.91 Å². The van der Waals surface area contributed by atoms with Gasteiger partial charge in [-0.3, -0.25) is 4.79 Å². The molecule has 0 aliphatic carbocycles. The first kappa shape index (κ1) is 16.3. The molecule has 0 unspecified atom stereocenters. The monoisotopic (exact) mass is 348 g/mol. The van der Waals surface area contributed by atoms with Crippen LogP contribution in [0.3, 0.4) is 0 Å². The van der Waals surface area contributed by atoms with Crippen LogP contribution in [-0.4, -0.2) is 19.0 Å². The lowest BCUT2D eigenvalue weighted by Gasteiger charge is -2.29. The Balaban J connectivity index is 1.71. The molecule has 1 aliphatic heterocycles. The molecule has 122 valence electrons. The summed E-state index contributed by atoms with van der Waals surface area (Å²) in [5.41, 5.74) is 1.65. The first-order valence-corrected chi connectivity index (χ1v) is 9.21. The molecule has 1 N–H and O–H groups in total. The van der Waals surface area contributed by atoms with E-state index in [1.54, 1.807) is 11.3 Å². The van der Waals surface area contributed by atoms with E-state index in [4.69, 9.17) is 11.6 Å². The number of carbonyl (C=O) groups excluding carboxylic acids is 1. The number of piperidine rings is 1. The summed E-state index contributed by atoms with van der Waals surface area (Å²) in [6.07, 6.45) is 3.71. The highest BCUT2D eigenvalue weighted by Gasteiger charge is 2.16. The van der Waals surface area contributed by atoms with Gasteiger partial charge in [-0.15, -0.1) is 11.3 Å². The minimum Gasteiger partial charge on any atom is -0.372 e. The molecule has 1 aromatic heterocycles. The molecule has 1 amide bonds. The number of hydrogen-bond acceptors (Lipinski definition) is 3. The van der Waals surface area contributed by atoms with Gasteiger partial charge in [-0.1, -0.05) is 11.6 Å². The summed E-state index contributed by atoms with van der Waals surface area (Å²) in [7, 11) is 0. The predicted molar refractivity (Wildman–Crippen MR) is 97.7 cm³/mol. The van der Waals surface area contributed by atoms with Gasteiger partial charge in [0.05, 0.1) is 17.1 Å². The maximum atomic E-state index is 12.5. The molecule has 3 nitrogen and oxygen atoms in total. The van der Waals surface area contributed by atoms with E-state index in [9.17, 15) is 4.79 Å². The van der Waals surface area contributed by atoms with E-state index >= 15 is 0 Å². The number of halogens is 1. The molecule has 23 heavy (non-hydrogen) atoms. The second kappa shape index (κ2) is 7.37. The standard InChI is InChI=1S/C18H21ClN2OS/c1-13-5-7-15(23-13)12-20-18(22)16-11-14(6-8-17(16)19)21-9-3-2-4-10-21/h5-8,11H,2-4,9-10,12H2,1H3,(H,20,22). The highest BCUT2D eigenvalue weighted by atomic mass is 35.5. The first-order valence-electron chi connectivity index (χ1n) is 8.01. The summed E-state index contributed by atoms with van der Waals surface area (Å²) >= 11 is 7.94. The molecule has 1 saturated heterocycles. The second-order valence-corrected chi connectivity index (χ2v) is 7.69. The van der Waals surface area contributed by atoms with Crippen LogP contribution >= 0.6 is 22.9 Å². The summed E-state index contributed by atoms with van der Waals surface area (Å²) in [5, 5.41) is 3.47. The minimum atomic E-state index is -0.111. The van der Waals surface area contributed by atoms with Gasteiger partial charge in [0.1, 0.15) is 0 Å². The Bertz CT molecular complexity index is 692. The number of nitrogens with one attached hydrogen (secondary N) is 1. The quantitative estimate of drug-likeness (QED) is 0.873. The predicted octanol–water partition coefficient (Wildman–Crippen LogP) is 4.63. The zero-order chi connectivity index (χ0) is 16.2. The first-order chi connectivity index (χ1) is 11.1. The molecule has 1 aromatic carbocycles. The number of hydrogen-bond donors (Lipinski definition) is 1. The van der Waals surface area contributed by atoms with Crippen LogP contribution in [0.5, 0.6) is 0 Å². The molecular formula is C18H21ClN2OS. The van der Waals surface area contributed by atoms with Crippen LogP contribution in [0.1, 0.15) is 39.4 Å². The molecule has 1 aliphatic rings. The van der Waals surface area contributed by atoms with Gasteiger partial charge in [0, 0.05) is 28.5 Å². The molecule has 1 fully saturated rings. The number of aryl methyl sites for hydroxylation is 1. The van der Waals surface area contributed by atoms with Gasteiger partial charge in [-0.25, -0.2) is 0 Å². The zero-order valence-corrected chi connectivity index (χ0v) is 14.8. The zero-order valence-electron chi connectivity index (χ0n) is 13.3. The van der Waals surface area contributed by atoms with Gasteiger partial charge in [0.2, 0.25) is 0 Å². The van der Waals surface area contributed by atoms with Crippen molar-refractivity contribution in [2.45, 2.75) is 32.7 Å². The highest BCUT2D eigenvalue weighted by Crippen LogP contribution is 2.26. The molecule has 0 spiro atoms. The lowest BCUT2D eigenvalue weighted by molar-refractivity contribution is 0.0951. The van der Waals surface area contributed by atoms with Crippen molar-refractivity contribution in [1.29, 1.82) is 0 Å². The van der Waals surface area contributed by atoms with Crippen LogP contribution in [-0.2, 0) is 6.54 Å². The van der Waals surface area contributed by atoms with E-state index in [1.807, 2.05) is 24.3 Å². The number of thiophene rings is 1. The molecule has 0 saturated carbocycles. The van der Waals surface area contributed by atoms with Crippen molar-refractivity contribution in [3.05, 3.63) is 50.7 Å². The van der Waals surface area contributed by atoms with Crippen LogP contribution < -0.4 is 10.2 Å². The lowest BCUT2D eigenvalue weighted by Crippen LogP contribution is -2.30. The average molecular weight is 349 g/mol. The summed E-state index contributed by atoms with van der Waals surface area (Å²) in [4.78, 5) is 17.2. The lowest BCUT2D eigenvalue weighted by atomic mass is 10.1. The third-order valence-electron chi connectivity index (χ3n) is 4.13. The number of rotatable bonds is 4.